The van der Waals surface area contributed by atoms with Crippen LogP contribution < -0.4 is 9.62 Å². The summed E-state index contributed by atoms with van der Waals surface area (Å²) in [6.45, 7) is 5.81. The summed E-state index contributed by atoms with van der Waals surface area (Å²) in [4.78, 5) is 12.3. The van der Waals surface area contributed by atoms with Crippen LogP contribution in [0.2, 0.25) is 0 Å². The monoisotopic (exact) mass is 312 g/mol. The highest BCUT2D eigenvalue weighted by molar-refractivity contribution is 7.92. The summed E-state index contributed by atoms with van der Waals surface area (Å²) in [5.74, 6) is -0.162. The maximum atomic E-state index is 12.3. The Labute approximate surface area is 127 Å². The Hall–Kier alpha value is -1.56. The molecule has 1 aromatic rings. The van der Waals surface area contributed by atoms with Crippen LogP contribution in [0.5, 0.6) is 0 Å². The molecule has 0 saturated heterocycles. The number of carbonyl (C=O) groups excluding carboxylic acids is 1. The minimum Gasteiger partial charge on any atom is -0.349 e. The number of anilines is 1. The predicted molar refractivity (Wildman–Crippen MR) is 86.3 cm³/mol. The average molecular weight is 312 g/mol. The third-order valence-corrected chi connectivity index (χ3v) is 4.90. The standard InChI is InChI=1S/C15H24N2O3S/c1-6-12(7-2)16-15(18)13-9-8-10-14(11(13)3)17(4)21(5,19)20/h8-10,12H,6-7H2,1-5H3,(H,16,18). The van der Waals surface area contributed by atoms with Gasteiger partial charge in [0.05, 0.1) is 11.9 Å². The van der Waals surface area contributed by atoms with Crippen molar-refractivity contribution in [2.45, 2.75) is 39.7 Å². The lowest BCUT2D eigenvalue weighted by Gasteiger charge is -2.21. The van der Waals surface area contributed by atoms with E-state index in [1.54, 1.807) is 25.1 Å². The number of hydrogen-bond acceptors (Lipinski definition) is 3. The Morgan fingerprint density at radius 3 is 2.33 bits per heavy atom. The SMILES string of the molecule is CCC(CC)NC(=O)c1cccc(N(C)S(C)(=O)=O)c1C. The summed E-state index contributed by atoms with van der Waals surface area (Å²) in [7, 11) is -1.87. The predicted octanol–water partition coefficient (Wildman–Crippen LogP) is 2.31. The van der Waals surface area contributed by atoms with Gasteiger partial charge in [-0.25, -0.2) is 8.42 Å². The van der Waals surface area contributed by atoms with Crippen LogP contribution in [0.15, 0.2) is 18.2 Å². The maximum absolute atomic E-state index is 12.3. The fraction of sp³-hybridized carbons (Fsp3) is 0.533. The van der Waals surface area contributed by atoms with Gasteiger partial charge in [0.25, 0.3) is 5.91 Å². The molecule has 0 radical (unpaired) electrons. The summed E-state index contributed by atoms with van der Waals surface area (Å²) in [5.41, 5.74) is 1.69. The van der Waals surface area contributed by atoms with Crippen LogP contribution in [0, 0.1) is 6.92 Å². The fourth-order valence-electron chi connectivity index (χ4n) is 2.15. The normalized spacial score (nSPS) is 11.5. The molecule has 0 aliphatic rings. The number of carbonyl (C=O) groups is 1. The first-order valence-electron chi connectivity index (χ1n) is 7.06. The third kappa shape index (κ3) is 4.20. The number of benzene rings is 1. The topological polar surface area (TPSA) is 66.5 Å². The highest BCUT2D eigenvalue weighted by Crippen LogP contribution is 2.24. The number of amides is 1. The Morgan fingerprint density at radius 2 is 1.86 bits per heavy atom. The molecule has 0 aliphatic heterocycles. The van der Waals surface area contributed by atoms with E-state index >= 15 is 0 Å². The zero-order valence-corrected chi connectivity index (χ0v) is 14.1. The molecule has 1 amide bonds. The van der Waals surface area contributed by atoms with Crippen molar-refractivity contribution in [1.29, 1.82) is 0 Å². The van der Waals surface area contributed by atoms with Gasteiger partial charge in [-0.1, -0.05) is 19.9 Å². The summed E-state index contributed by atoms with van der Waals surface area (Å²) < 4.78 is 24.5. The van der Waals surface area contributed by atoms with Gasteiger partial charge in [0.1, 0.15) is 0 Å². The fourth-order valence-corrected chi connectivity index (χ4v) is 2.70. The van der Waals surface area contributed by atoms with E-state index in [-0.39, 0.29) is 11.9 Å². The van der Waals surface area contributed by atoms with Crippen molar-refractivity contribution in [3.05, 3.63) is 29.3 Å². The van der Waals surface area contributed by atoms with Gasteiger partial charge in [0.2, 0.25) is 10.0 Å². The molecular weight excluding hydrogens is 288 g/mol. The number of rotatable bonds is 6. The van der Waals surface area contributed by atoms with E-state index in [1.807, 2.05) is 13.8 Å². The summed E-state index contributed by atoms with van der Waals surface area (Å²) in [5, 5.41) is 2.97. The Morgan fingerprint density at radius 1 is 1.29 bits per heavy atom. The van der Waals surface area contributed by atoms with Gasteiger partial charge < -0.3 is 5.32 Å². The molecular formula is C15H24N2O3S. The van der Waals surface area contributed by atoms with E-state index in [4.69, 9.17) is 0 Å². The van der Waals surface area contributed by atoms with Gasteiger partial charge >= 0.3 is 0 Å². The molecule has 118 valence electrons. The highest BCUT2D eigenvalue weighted by Gasteiger charge is 2.19. The number of nitrogens with one attached hydrogen (secondary N) is 1. The van der Waals surface area contributed by atoms with E-state index < -0.39 is 10.0 Å². The Balaban J connectivity index is 3.14. The van der Waals surface area contributed by atoms with Gasteiger partial charge in [-0.2, -0.15) is 0 Å². The minimum absolute atomic E-state index is 0.133. The largest absolute Gasteiger partial charge is 0.349 e. The Kier molecular flexibility index (Phi) is 5.78. The molecule has 0 bridgehead atoms. The van der Waals surface area contributed by atoms with E-state index in [0.717, 1.165) is 19.1 Å². The molecule has 5 nitrogen and oxygen atoms in total. The molecule has 0 unspecified atom stereocenters. The number of sulfonamides is 1. The smallest absolute Gasteiger partial charge is 0.251 e. The van der Waals surface area contributed by atoms with Gasteiger partial charge in [-0.15, -0.1) is 0 Å². The summed E-state index contributed by atoms with van der Waals surface area (Å²) in [6, 6.07) is 5.25. The second-order valence-corrected chi connectivity index (χ2v) is 7.18. The van der Waals surface area contributed by atoms with Crippen LogP contribution in [-0.4, -0.2) is 33.7 Å². The first-order valence-corrected chi connectivity index (χ1v) is 8.91. The van der Waals surface area contributed by atoms with Crippen LogP contribution in [0.1, 0.15) is 42.6 Å². The van der Waals surface area contributed by atoms with Crippen molar-refractivity contribution in [3.8, 4) is 0 Å². The van der Waals surface area contributed by atoms with Crippen LogP contribution in [0.3, 0.4) is 0 Å². The number of hydrogen-bond donors (Lipinski definition) is 1. The van der Waals surface area contributed by atoms with E-state index in [2.05, 4.69) is 5.32 Å². The third-order valence-electron chi connectivity index (χ3n) is 3.71. The molecule has 0 heterocycles. The summed E-state index contributed by atoms with van der Waals surface area (Å²) in [6.07, 6.45) is 2.87. The second-order valence-electron chi connectivity index (χ2n) is 5.17. The minimum atomic E-state index is -3.35. The quantitative estimate of drug-likeness (QED) is 0.876. The number of nitrogens with zero attached hydrogens (tertiary/aromatic N) is 1. The molecule has 6 heteroatoms. The highest BCUT2D eigenvalue weighted by atomic mass is 32.2. The van der Waals surface area contributed by atoms with Crippen LogP contribution in [0.4, 0.5) is 5.69 Å². The molecule has 1 N–H and O–H groups in total. The first-order chi connectivity index (χ1) is 9.72. The van der Waals surface area contributed by atoms with Crippen LogP contribution in [0.25, 0.3) is 0 Å². The van der Waals surface area contributed by atoms with Crippen molar-refractivity contribution >= 4 is 21.6 Å². The van der Waals surface area contributed by atoms with Gasteiger partial charge in [0, 0.05) is 18.7 Å². The molecule has 0 aromatic heterocycles. The van der Waals surface area contributed by atoms with Crippen molar-refractivity contribution in [2.75, 3.05) is 17.6 Å². The van der Waals surface area contributed by atoms with Crippen molar-refractivity contribution in [1.82, 2.24) is 5.32 Å². The van der Waals surface area contributed by atoms with E-state index in [9.17, 15) is 13.2 Å². The first kappa shape index (κ1) is 17.5. The Bertz CT molecular complexity index is 607. The van der Waals surface area contributed by atoms with Crippen LogP contribution >= 0.6 is 0 Å². The van der Waals surface area contributed by atoms with Crippen molar-refractivity contribution in [2.24, 2.45) is 0 Å². The zero-order valence-electron chi connectivity index (χ0n) is 13.3. The van der Waals surface area contributed by atoms with Gasteiger partial charge in [-0.05, 0) is 37.5 Å². The molecule has 0 fully saturated rings. The van der Waals surface area contributed by atoms with Crippen LogP contribution in [-0.2, 0) is 10.0 Å². The molecule has 0 aliphatic carbocycles. The molecule has 0 spiro atoms. The zero-order chi connectivity index (χ0) is 16.2. The van der Waals surface area contributed by atoms with Gasteiger partial charge in [-0.3, -0.25) is 9.10 Å². The van der Waals surface area contributed by atoms with Crippen molar-refractivity contribution < 1.29 is 13.2 Å². The molecule has 0 atom stereocenters. The van der Waals surface area contributed by atoms with Gasteiger partial charge in [0.15, 0.2) is 0 Å². The second kappa shape index (κ2) is 6.93. The van der Waals surface area contributed by atoms with E-state index in [0.29, 0.717) is 16.8 Å². The molecule has 0 saturated carbocycles. The average Bonchev–Trinajstić information content (AvgIpc) is 2.43. The lowest BCUT2D eigenvalue weighted by Crippen LogP contribution is -2.34. The summed E-state index contributed by atoms with van der Waals surface area (Å²) >= 11 is 0. The molecule has 21 heavy (non-hydrogen) atoms. The lowest BCUT2D eigenvalue weighted by atomic mass is 10.0. The molecule has 1 aromatic carbocycles. The lowest BCUT2D eigenvalue weighted by molar-refractivity contribution is 0.0934. The maximum Gasteiger partial charge on any atom is 0.251 e. The molecule has 1 rings (SSSR count). The van der Waals surface area contributed by atoms with Crippen molar-refractivity contribution in [3.63, 3.8) is 0 Å². The van der Waals surface area contributed by atoms with E-state index in [1.165, 1.54) is 11.4 Å².